The summed E-state index contributed by atoms with van der Waals surface area (Å²) < 4.78 is 0. The second-order valence-electron chi connectivity index (χ2n) is 4.53. The highest BCUT2D eigenvalue weighted by molar-refractivity contribution is 5.93. The van der Waals surface area contributed by atoms with Crippen LogP contribution in [0, 0.1) is 19.8 Å². The fraction of sp³-hybridized carbons (Fsp3) is 0.500. The average Bonchev–Trinajstić information content (AvgIpc) is 2.30. The van der Waals surface area contributed by atoms with Crippen molar-refractivity contribution in [2.45, 2.75) is 33.6 Å². The average molecular weight is 234 g/mol. The third-order valence-electron chi connectivity index (χ3n) is 2.94. The lowest BCUT2D eigenvalue weighted by molar-refractivity contribution is -0.119. The molecule has 0 aliphatic heterocycles. The number of nitrogens with two attached hydrogens (primary N) is 1. The molecule has 0 heterocycles. The first-order valence-electron chi connectivity index (χ1n) is 6.16. The Morgan fingerprint density at radius 1 is 1.41 bits per heavy atom. The maximum Gasteiger partial charge on any atom is 0.228 e. The number of aryl methyl sites for hydroxylation is 2. The molecule has 1 amide bonds. The third-order valence-corrected chi connectivity index (χ3v) is 2.94. The molecule has 3 N–H and O–H groups in total. The summed E-state index contributed by atoms with van der Waals surface area (Å²) in [6.07, 6.45) is 1.81. The molecule has 0 fully saturated rings. The van der Waals surface area contributed by atoms with Crippen molar-refractivity contribution < 1.29 is 4.79 Å². The first-order valence-corrected chi connectivity index (χ1v) is 6.16. The Labute approximate surface area is 103 Å². The smallest absolute Gasteiger partial charge is 0.228 e. The van der Waals surface area contributed by atoms with E-state index in [9.17, 15) is 4.79 Å². The van der Waals surface area contributed by atoms with E-state index >= 15 is 0 Å². The zero-order valence-electron chi connectivity index (χ0n) is 10.9. The Hall–Kier alpha value is -1.35. The van der Waals surface area contributed by atoms with Gasteiger partial charge in [0.25, 0.3) is 0 Å². The predicted octanol–water partition coefficient (Wildman–Crippen LogP) is 2.62. The molecule has 3 heteroatoms. The molecule has 3 nitrogen and oxygen atoms in total. The van der Waals surface area contributed by atoms with Crippen LogP contribution in [0.3, 0.4) is 0 Å². The quantitative estimate of drug-likeness (QED) is 0.822. The molecule has 0 bridgehead atoms. The van der Waals surface area contributed by atoms with Crippen molar-refractivity contribution in [2.75, 3.05) is 11.9 Å². The highest BCUT2D eigenvalue weighted by Gasteiger charge is 2.16. The first-order chi connectivity index (χ1) is 8.08. The van der Waals surface area contributed by atoms with Crippen LogP contribution in [-0.2, 0) is 4.79 Å². The van der Waals surface area contributed by atoms with Gasteiger partial charge in [0.05, 0.1) is 5.92 Å². The number of carbonyl (C=O) groups is 1. The Kier molecular flexibility index (Phi) is 5.16. The summed E-state index contributed by atoms with van der Waals surface area (Å²) in [6, 6.07) is 6.05. The molecule has 0 aliphatic rings. The van der Waals surface area contributed by atoms with Crippen LogP contribution in [0.25, 0.3) is 0 Å². The van der Waals surface area contributed by atoms with Gasteiger partial charge >= 0.3 is 0 Å². The Balaban J connectivity index is 2.76. The molecule has 1 aromatic carbocycles. The Morgan fingerprint density at radius 2 is 2.12 bits per heavy atom. The molecule has 0 spiro atoms. The molecule has 1 rings (SSSR count). The van der Waals surface area contributed by atoms with Crippen LogP contribution in [0.2, 0.25) is 0 Å². The van der Waals surface area contributed by atoms with Crippen LogP contribution in [0.5, 0.6) is 0 Å². The zero-order valence-corrected chi connectivity index (χ0v) is 10.9. The highest BCUT2D eigenvalue weighted by Crippen LogP contribution is 2.18. The van der Waals surface area contributed by atoms with E-state index < -0.39 is 0 Å². The van der Waals surface area contributed by atoms with Gasteiger partial charge < -0.3 is 11.1 Å². The van der Waals surface area contributed by atoms with Gasteiger partial charge in [-0.2, -0.15) is 0 Å². The van der Waals surface area contributed by atoms with E-state index in [4.69, 9.17) is 5.73 Å². The van der Waals surface area contributed by atoms with Crippen molar-refractivity contribution in [1.82, 2.24) is 0 Å². The summed E-state index contributed by atoms with van der Waals surface area (Å²) in [5.41, 5.74) is 8.74. The number of rotatable bonds is 5. The number of anilines is 1. The number of hydrogen-bond acceptors (Lipinski definition) is 2. The number of hydrogen-bond donors (Lipinski definition) is 2. The molecular weight excluding hydrogens is 212 g/mol. The van der Waals surface area contributed by atoms with Gasteiger partial charge in [-0.1, -0.05) is 25.5 Å². The fourth-order valence-electron chi connectivity index (χ4n) is 1.81. The second-order valence-corrected chi connectivity index (χ2v) is 4.53. The molecular formula is C14H22N2O. The van der Waals surface area contributed by atoms with Crippen LogP contribution in [0.15, 0.2) is 18.2 Å². The summed E-state index contributed by atoms with van der Waals surface area (Å²) >= 11 is 0. The number of benzene rings is 1. The van der Waals surface area contributed by atoms with Crippen molar-refractivity contribution in [1.29, 1.82) is 0 Å². The fourth-order valence-corrected chi connectivity index (χ4v) is 1.81. The largest absolute Gasteiger partial charge is 0.330 e. The Bertz CT molecular complexity index is 388. The van der Waals surface area contributed by atoms with Gasteiger partial charge in [-0.15, -0.1) is 0 Å². The van der Waals surface area contributed by atoms with Gasteiger partial charge in [0, 0.05) is 12.2 Å². The van der Waals surface area contributed by atoms with Gasteiger partial charge in [-0.05, 0) is 37.5 Å². The highest BCUT2D eigenvalue weighted by atomic mass is 16.1. The van der Waals surface area contributed by atoms with Crippen LogP contribution < -0.4 is 11.1 Å². The standard InChI is InChI=1S/C14H22N2O/c1-4-5-12(9-15)14(17)16-13-8-10(2)6-7-11(13)3/h6-8,12H,4-5,9,15H2,1-3H3,(H,16,17). The summed E-state index contributed by atoms with van der Waals surface area (Å²) in [6.45, 7) is 6.48. The normalized spacial score (nSPS) is 12.2. The minimum atomic E-state index is -0.0834. The molecule has 0 saturated heterocycles. The van der Waals surface area contributed by atoms with E-state index in [0.29, 0.717) is 6.54 Å². The zero-order chi connectivity index (χ0) is 12.8. The summed E-state index contributed by atoms with van der Waals surface area (Å²) in [5, 5.41) is 2.97. The van der Waals surface area contributed by atoms with E-state index in [2.05, 4.69) is 12.2 Å². The topological polar surface area (TPSA) is 55.1 Å². The molecule has 1 aromatic rings. The lowest BCUT2D eigenvalue weighted by atomic mass is 10.0. The van der Waals surface area contributed by atoms with Crippen LogP contribution >= 0.6 is 0 Å². The van der Waals surface area contributed by atoms with E-state index in [1.807, 2.05) is 32.0 Å². The van der Waals surface area contributed by atoms with E-state index in [0.717, 1.165) is 29.7 Å². The van der Waals surface area contributed by atoms with Crippen molar-refractivity contribution >= 4 is 11.6 Å². The minimum absolute atomic E-state index is 0.0306. The molecule has 0 saturated carbocycles. The van der Waals surface area contributed by atoms with Gasteiger partial charge in [-0.25, -0.2) is 0 Å². The minimum Gasteiger partial charge on any atom is -0.330 e. The first kappa shape index (κ1) is 13.7. The molecule has 0 aliphatic carbocycles. The molecule has 1 unspecified atom stereocenters. The van der Waals surface area contributed by atoms with Gasteiger partial charge in [0.2, 0.25) is 5.91 Å². The maximum absolute atomic E-state index is 12.0. The van der Waals surface area contributed by atoms with Gasteiger partial charge in [-0.3, -0.25) is 4.79 Å². The monoisotopic (exact) mass is 234 g/mol. The van der Waals surface area contributed by atoms with Crippen LogP contribution in [0.4, 0.5) is 5.69 Å². The molecule has 0 radical (unpaired) electrons. The SMILES string of the molecule is CCCC(CN)C(=O)Nc1cc(C)ccc1C. The lowest BCUT2D eigenvalue weighted by Gasteiger charge is -2.15. The summed E-state index contributed by atoms with van der Waals surface area (Å²) in [4.78, 5) is 12.0. The summed E-state index contributed by atoms with van der Waals surface area (Å²) in [7, 11) is 0. The van der Waals surface area contributed by atoms with Crippen LogP contribution in [0.1, 0.15) is 30.9 Å². The number of carbonyl (C=O) groups excluding carboxylic acids is 1. The van der Waals surface area contributed by atoms with Crippen molar-refractivity contribution in [3.8, 4) is 0 Å². The predicted molar refractivity (Wildman–Crippen MR) is 72.0 cm³/mol. The molecule has 0 aromatic heterocycles. The van der Waals surface area contributed by atoms with Crippen molar-refractivity contribution in [3.05, 3.63) is 29.3 Å². The second kappa shape index (κ2) is 6.40. The summed E-state index contributed by atoms with van der Waals surface area (Å²) in [5.74, 6) is -0.0528. The third kappa shape index (κ3) is 3.86. The van der Waals surface area contributed by atoms with Crippen LogP contribution in [-0.4, -0.2) is 12.5 Å². The molecule has 17 heavy (non-hydrogen) atoms. The van der Waals surface area contributed by atoms with Gasteiger partial charge in [0.15, 0.2) is 0 Å². The van der Waals surface area contributed by atoms with Crippen molar-refractivity contribution in [3.63, 3.8) is 0 Å². The van der Waals surface area contributed by atoms with Crippen molar-refractivity contribution in [2.24, 2.45) is 11.7 Å². The van der Waals surface area contributed by atoms with E-state index in [-0.39, 0.29) is 11.8 Å². The molecule has 94 valence electrons. The van der Waals surface area contributed by atoms with Gasteiger partial charge in [0.1, 0.15) is 0 Å². The Morgan fingerprint density at radius 3 is 2.71 bits per heavy atom. The van der Waals surface area contributed by atoms with E-state index in [1.165, 1.54) is 0 Å². The number of nitrogens with one attached hydrogen (secondary N) is 1. The maximum atomic E-state index is 12.0. The number of amides is 1. The molecule has 1 atom stereocenters. The lowest BCUT2D eigenvalue weighted by Crippen LogP contribution is -2.29. The van der Waals surface area contributed by atoms with E-state index in [1.54, 1.807) is 0 Å².